The third kappa shape index (κ3) is 6.22. The second-order valence-corrected chi connectivity index (χ2v) is 9.62. The van der Waals surface area contributed by atoms with E-state index in [1.54, 1.807) is 0 Å². The largest absolute Gasteiger partial charge is 0.489 e. The smallest absolute Gasteiger partial charge is 0.138 e. The summed E-state index contributed by atoms with van der Waals surface area (Å²) in [5.74, 6) is 3.98. The minimum Gasteiger partial charge on any atom is -0.489 e. The van der Waals surface area contributed by atoms with Gasteiger partial charge in [0.25, 0.3) is 0 Å². The van der Waals surface area contributed by atoms with Crippen LogP contribution in [0, 0.1) is 24.7 Å². The van der Waals surface area contributed by atoms with E-state index >= 15 is 0 Å². The van der Waals surface area contributed by atoms with E-state index in [2.05, 4.69) is 31.8 Å². The molecule has 0 saturated heterocycles. The first kappa shape index (κ1) is 21.7. The molecule has 0 spiro atoms. The monoisotopic (exact) mass is 385 g/mol. The lowest BCUT2D eigenvalue weighted by Gasteiger charge is -2.38. The Bertz CT molecular complexity index is 568. The summed E-state index contributed by atoms with van der Waals surface area (Å²) in [6.07, 6.45) is 21.4. The Morgan fingerprint density at radius 1 is 0.893 bits per heavy atom. The second kappa shape index (κ2) is 11.2. The van der Waals surface area contributed by atoms with Gasteiger partial charge in [-0.05, 0) is 87.7 Å². The van der Waals surface area contributed by atoms with Crippen LogP contribution in [-0.4, -0.2) is 11.1 Å². The highest BCUT2D eigenvalue weighted by Crippen LogP contribution is 2.41. The lowest BCUT2D eigenvalue weighted by molar-refractivity contribution is 0.0910. The van der Waals surface area contributed by atoms with Crippen molar-refractivity contribution in [3.8, 4) is 5.75 Å². The van der Waals surface area contributed by atoms with Crippen molar-refractivity contribution in [1.82, 2.24) is 4.98 Å². The van der Waals surface area contributed by atoms with E-state index in [1.807, 2.05) is 6.20 Å². The number of nitrogens with zero attached hydrogens (tertiary/aromatic N) is 1. The third-order valence-electron chi connectivity index (χ3n) is 7.47. The number of hydrogen-bond donors (Lipinski definition) is 0. The molecule has 2 fully saturated rings. The normalized spacial score (nSPS) is 28.2. The molecule has 0 N–H and O–H groups in total. The summed E-state index contributed by atoms with van der Waals surface area (Å²) in [5.41, 5.74) is 2.53. The molecule has 0 aliphatic heterocycles. The molecular weight excluding hydrogens is 342 g/mol. The number of aromatic nitrogens is 1. The van der Waals surface area contributed by atoms with E-state index in [4.69, 9.17) is 4.74 Å². The molecule has 2 aliphatic rings. The van der Waals surface area contributed by atoms with E-state index in [0.29, 0.717) is 6.10 Å². The predicted octanol–water partition coefficient (Wildman–Crippen LogP) is 7.67. The molecule has 0 bridgehead atoms. The zero-order valence-electron chi connectivity index (χ0n) is 18.7. The van der Waals surface area contributed by atoms with E-state index in [0.717, 1.165) is 29.9 Å². The first-order valence-corrected chi connectivity index (χ1v) is 12.3. The maximum Gasteiger partial charge on any atom is 0.138 e. The van der Waals surface area contributed by atoms with Crippen LogP contribution >= 0.6 is 0 Å². The first-order chi connectivity index (χ1) is 13.7. The molecule has 1 aromatic rings. The molecule has 0 atom stereocenters. The predicted molar refractivity (Wildman–Crippen MR) is 119 cm³/mol. The molecule has 0 radical (unpaired) electrons. The van der Waals surface area contributed by atoms with Gasteiger partial charge in [0.05, 0.1) is 12.3 Å². The summed E-state index contributed by atoms with van der Waals surface area (Å²) >= 11 is 0. The van der Waals surface area contributed by atoms with Crippen LogP contribution in [0.25, 0.3) is 0 Å². The van der Waals surface area contributed by atoms with Crippen molar-refractivity contribution in [3.05, 3.63) is 23.5 Å². The summed E-state index contributed by atoms with van der Waals surface area (Å²) in [6, 6.07) is 2.21. The molecule has 28 heavy (non-hydrogen) atoms. The van der Waals surface area contributed by atoms with Crippen molar-refractivity contribution in [2.45, 2.75) is 117 Å². The Kier molecular flexibility index (Phi) is 8.67. The highest BCUT2D eigenvalue weighted by molar-refractivity contribution is 5.28. The average molecular weight is 386 g/mol. The molecule has 0 aromatic carbocycles. The van der Waals surface area contributed by atoms with Crippen LogP contribution < -0.4 is 4.74 Å². The molecule has 2 heteroatoms. The van der Waals surface area contributed by atoms with E-state index in [-0.39, 0.29) is 0 Å². The molecule has 0 unspecified atom stereocenters. The standard InChI is InChI=1S/C26H43NO/c1-4-6-8-21-10-12-22(13-11-21)23-14-16-24(17-15-23)28-25-18-20(3)26(27-19-25)9-7-5-2/h18-19,21-24H,4-17H2,1-3H3/t21-,22-,23-,24-. The summed E-state index contributed by atoms with van der Waals surface area (Å²) < 4.78 is 6.33. The zero-order valence-corrected chi connectivity index (χ0v) is 18.7. The zero-order chi connectivity index (χ0) is 19.8. The fourth-order valence-corrected chi connectivity index (χ4v) is 5.56. The topological polar surface area (TPSA) is 22.1 Å². The van der Waals surface area contributed by atoms with Crippen molar-refractivity contribution in [1.29, 1.82) is 0 Å². The molecule has 2 aliphatic carbocycles. The van der Waals surface area contributed by atoms with Gasteiger partial charge in [-0.3, -0.25) is 4.98 Å². The number of ether oxygens (including phenoxy) is 1. The Labute approximate surface area is 173 Å². The van der Waals surface area contributed by atoms with Gasteiger partial charge in [0.15, 0.2) is 0 Å². The quantitative estimate of drug-likeness (QED) is 0.435. The highest BCUT2D eigenvalue weighted by Gasteiger charge is 2.31. The average Bonchev–Trinajstić information content (AvgIpc) is 2.73. The van der Waals surface area contributed by atoms with E-state index in [1.165, 1.54) is 94.7 Å². The maximum absolute atomic E-state index is 6.33. The lowest BCUT2D eigenvalue weighted by atomic mass is 9.70. The number of rotatable bonds is 9. The van der Waals surface area contributed by atoms with Crippen molar-refractivity contribution in [2.75, 3.05) is 0 Å². The molecule has 2 saturated carbocycles. The summed E-state index contributed by atoms with van der Waals surface area (Å²) in [5, 5.41) is 0. The van der Waals surface area contributed by atoms with Crippen molar-refractivity contribution >= 4 is 0 Å². The van der Waals surface area contributed by atoms with Crippen LogP contribution in [-0.2, 0) is 6.42 Å². The highest BCUT2D eigenvalue weighted by atomic mass is 16.5. The van der Waals surface area contributed by atoms with Crippen molar-refractivity contribution < 1.29 is 4.74 Å². The molecular formula is C26H43NO. The van der Waals surface area contributed by atoms with Gasteiger partial charge in [0.1, 0.15) is 5.75 Å². The van der Waals surface area contributed by atoms with Gasteiger partial charge < -0.3 is 4.74 Å². The van der Waals surface area contributed by atoms with Gasteiger partial charge in [-0.15, -0.1) is 0 Å². The molecule has 2 nitrogen and oxygen atoms in total. The summed E-state index contributed by atoms with van der Waals surface area (Å²) in [4.78, 5) is 4.67. The fourth-order valence-electron chi connectivity index (χ4n) is 5.56. The molecule has 0 amide bonds. The third-order valence-corrected chi connectivity index (χ3v) is 7.47. The number of hydrogen-bond acceptors (Lipinski definition) is 2. The van der Waals surface area contributed by atoms with Gasteiger partial charge in [0.2, 0.25) is 0 Å². The lowest BCUT2D eigenvalue weighted by Crippen LogP contribution is -2.30. The Hall–Kier alpha value is -1.05. The minimum atomic E-state index is 0.403. The van der Waals surface area contributed by atoms with Crippen molar-refractivity contribution in [2.24, 2.45) is 17.8 Å². The molecule has 1 aromatic heterocycles. The van der Waals surface area contributed by atoms with E-state index < -0.39 is 0 Å². The number of pyridine rings is 1. The molecule has 3 rings (SSSR count). The van der Waals surface area contributed by atoms with Crippen molar-refractivity contribution in [3.63, 3.8) is 0 Å². The van der Waals surface area contributed by atoms with Gasteiger partial charge in [-0.25, -0.2) is 0 Å². The van der Waals surface area contributed by atoms with Crippen LogP contribution in [0.2, 0.25) is 0 Å². The molecule has 1 heterocycles. The van der Waals surface area contributed by atoms with Gasteiger partial charge >= 0.3 is 0 Å². The Morgan fingerprint density at radius 2 is 1.54 bits per heavy atom. The van der Waals surface area contributed by atoms with Gasteiger partial charge in [-0.1, -0.05) is 52.4 Å². The van der Waals surface area contributed by atoms with Gasteiger partial charge in [-0.2, -0.15) is 0 Å². The van der Waals surface area contributed by atoms with E-state index in [9.17, 15) is 0 Å². The Morgan fingerprint density at radius 3 is 2.14 bits per heavy atom. The maximum atomic E-state index is 6.33. The Balaban J connectivity index is 1.40. The SMILES string of the molecule is CCCCc1ncc(O[C@H]2CC[C@H]([C@H]3CC[C@H](CCCC)CC3)CC2)cc1C. The second-order valence-electron chi connectivity index (χ2n) is 9.62. The summed E-state index contributed by atoms with van der Waals surface area (Å²) in [6.45, 7) is 6.74. The van der Waals surface area contributed by atoms with Gasteiger partial charge in [0, 0.05) is 5.69 Å². The number of aryl methyl sites for hydroxylation is 2. The van der Waals surface area contributed by atoms with Crippen LogP contribution in [0.5, 0.6) is 5.75 Å². The van der Waals surface area contributed by atoms with Crippen LogP contribution in [0.3, 0.4) is 0 Å². The van der Waals surface area contributed by atoms with Crippen LogP contribution in [0.4, 0.5) is 0 Å². The van der Waals surface area contributed by atoms with Crippen LogP contribution in [0.15, 0.2) is 12.3 Å². The molecule has 158 valence electrons. The summed E-state index contributed by atoms with van der Waals surface area (Å²) in [7, 11) is 0. The van der Waals surface area contributed by atoms with Crippen LogP contribution in [0.1, 0.15) is 109 Å². The minimum absolute atomic E-state index is 0.403. The number of unbranched alkanes of at least 4 members (excludes halogenated alkanes) is 2. The first-order valence-electron chi connectivity index (χ1n) is 12.3. The fraction of sp³-hybridized carbons (Fsp3) is 0.808.